The molecule has 0 bridgehead atoms. The zero-order valence-electron chi connectivity index (χ0n) is 10.1. The first-order chi connectivity index (χ1) is 7.38. The Hall–Kier alpha value is -0.850. The third kappa shape index (κ3) is 4.46. The van der Waals surface area contributed by atoms with Gasteiger partial charge in [0.2, 0.25) is 0 Å². The Morgan fingerprint density at radius 3 is 2.60 bits per heavy atom. The highest BCUT2D eigenvalue weighted by molar-refractivity contribution is 5.08. The van der Waals surface area contributed by atoms with Crippen LogP contribution in [-0.2, 0) is 0 Å². The summed E-state index contributed by atoms with van der Waals surface area (Å²) in [5, 5.41) is 0. The maximum absolute atomic E-state index is 4.45. The highest BCUT2D eigenvalue weighted by atomic mass is 14.7. The molecule has 1 aromatic heterocycles. The molecule has 0 fully saturated rings. The number of pyridine rings is 1. The van der Waals surface area contributed by atoms with Gasteiger partial charge in [0.1, 0.15) is 0 Å². The summed E-state index contributed by atoms with van der Waals surface area (Å²) < 4.78 is 0. The van der Waals surface area contributed by atoms with Gasteiger partial charge in [-0.25, -0.2) is 0 Å². The molecule has 0 N–H and O–H groups in total. The van der Waals surface area contributed by atoms with E-state index < -0.39 is 0 Å². The highest BCUT2D eigenvalue weighted by Gasteiger charge is 2.09. The molecule has 1 rings (SSSR count). The molecule has 0 aliphatic rings. The first-order valence-electron chi connectivity index (χ1n) is 6.29. The lowest BCUT2D eigenvalue weighted by molar-refractivity contribution is 0.533. The molecule has 0 aromatic carbocycles. The number of rotatable bonds is 7. The van der Waals surface area contributed by atoms with E-state index in [2.05, 4.69) is 31.0 Å². The van der Waals surface area contributed by atoms with Crippen LogP contribution in [0.5, 0.6) is 0 Å². The first kappa shape index (κ1) is 12.2. The lowest BCUT2D eigenvalue weighted by Gasteiger charge is -2.13. The summed E-state index contributed by atoms with van der Waals surface area (Å²) in [4.78, 5) is 4.45. The number of unbranched alkanes of at least 4 members (excludes halogenated alkanes) is 3. The van der Waals surface area contributed by atoms with Crippen molar-refractivity contribution in [1.82, 2.24) is 4.98 Å². The van der Waals surface area contributed by atoms with Crippen molar-refractivity contribution >= 4 is 0 Å². The van der Waals surface area contributed by atoms with Crippen molar-refractivity contribution in [2.45, 2.75) is 58.3 Å². The molecule has 1 heteroatoms. The Bertz CT molecular complexity index is 243. The fraction of sp³-hybridized carbons (Fsp3) is 0.643. The molecule has 15 heavy (non-hydrogen) atoms. The van der Waals surface area contributed by atoms with Crippen LogP contribution in [0.1, 0.15) is 64.0 Å². The summed E-state index contributed by atoms with van der Waals surface area (Å²) in [6.45, 7) is 4.52. The molecule has 1 aromatic rings. The Morgan fingerprint density at radius 2 is 2.00 bits per heavy atom. The summed E-state index contributed by atoms with van der Waals surface area (Å²) in [6.07, 6.45) is 9.84. The lowest BCUT2D eigenvalue weighted by atomic mass is 9.94. The van der Waals surface area contributed by atoms with Gasteiger partial charge in [-0.1, -0.05) is 45.6 Å². The van der Waals surface area contributed by atoms with Crippen LogP contribution in [0.3, 0.4) is 0 Å². The molecule has 1 atom stereocenters. The molecule has 0 amide bonds. The molecule has 0 saturated heterocycles. The van der Waals surface area contributed by atoms with E-state index >= 15 is 0 Å². The number of nitrogens with zero attached hydrogens (tertiary/aromatic N) is 1. The molecule has 1 heterocycles. The minimum absolute atomic E-state index is 0.669. The number of hydrogen-bond acceptors (Lipinski definition) is 1. The molecule has 0 aliphatic carbocycles. The summed E-state index contributed by atoms with van der Waals surface area (Å²) in [7, 11) is 0. The SMILES string of the molecule is CCCCCCC(CC)c1ccccn1. The van der Waals surface area contributed by atoms with Crippen LogP contribution in [0.25, 0.3) is 0 Å². The van der Waals surface area contributed by atoms with Gasteiger partial charge in [-0.2, -0.15) is 0 Å². The highest BCUT2D eigenvalue weighted by Crippen LogP contribution is 2.23. The fourth-order valence-corrected chi connectivity index (χ4v) is 2.00. The zero-order chi connectivity index (χ0) is 10.9. The Morgan fingerprint density at radius 1 is 1.13 bits per heavy atom. The maximum atomic E-state index is 4.45. The Balaban J connectivity index is 2.36. The maximum Gasteiger partial charge on any atom is 0.0434 e. The molecular weight excluding hydrogens is 182 g/mol. The molecule has 1 unspecified atom stereocenters. The predicted octanol–water partition coefficient (Wildman–Crippen LogP) is 4.55. The molecule has 1 nitrogen and oxygen atoms in total. The third-order valence-corrected chi connectivity index (χ3v) is 3.00. The largest absolute Gasteiger partial charge is 0.261 e. The van der Waals surface area contributed by atoms with Gasteiger partial charge >= 0.3 is 0 Å². The monoisotopic (exact) mass is 205 g/mol. The number of hydrogen-bond donors (Lipinski definition) is 0. The van der Waals surface area contributed by atoms with E-state index in [1.807, 2.05) is 12.3 Å². The molecule has 0 aliphatic heterocycles. The average Bonchev–Trinajstić information content (AvgIpc) is 2.30. The first-order valence-corrected chi connectivity index (χ1v) is 6.29. The normalized spacial score (nSPS) is 12.7. The summed E-state index contributed by atoms with van der Waals surface area (Å²) in [5.41, 5.74) is 1.27. The Kier molecular flexibility index (Phi) is 6.06. The van der Waals surface area contributed by atoms with E-state index in [1.165, 1.54) is 44.2 Å². The van der Waals surface area contributed by atoms with E-state index in [4.69, 9.17) is 0 Å². The smallest absolute Gasteiger partial charge is 0.0434 e. The van der Waals surface area contributed by atoms with Crippen LogP contribution in [0.15, 0.2) is 24.4 Å². The van der Waals surface area contributed by atoms with E-state index in [-0.39, 0.29) is 0 Å². The van der Waals surface area contributed by atoms with Gasteiger partial charge in [0, 0.05) is 17.8 Å². The minimum Gasteiger partial charge on any atom is -0.261 e. The van der Waals surface area contributed by atoms with Crippen LogP contribution in [0, 0.1) is 0 Å². The minimum atomic E-state index is 0.669. The second-order valence-electron chi connectivity index (χ2n) is 4.21. The van der Waals surface area contributed by atoms with Gasteiger partial charge in [0.25, 0.3) is 0 Å². The van der Waals surface area contributed by atoms with Crippen molar-refractivity contribution in [3.8, 4) is 0 Å². The molecule has 0 saturated carbocycles. The van der Waals surface area contributed by atoms with Crippen molar-refractivity contribution in [2.24, 2.45) is 0 Å². The van der Waals surface area contributed by atoms with Gasteiger partial charge in [0.15, 0.2) is 0 Å². The second-order valence-corrected chi connectivity index (χ2v) is 4.21. The van der Waals surface area contributed by atoms with Crippen LogP contribution < -0.4 is 0 Å². The van der Waals surface area contributed by atoms with Crippen molar-refractivity contribution in [3.63, 3.8) is 0 Å². The van der Waals surface area contributed by atoms with Crippen molar-refractivity contribution in [3.05, 3.63) is 30.1 Å². The van der Waals surface area contributed by atoms with Crippen molar-refractivity contribution < 1.29 is 0 Å². The average molecular weight is 205 g/mol. The summed E-state index contributed by atoms with van der Waals surface area (Å²) in [6, 6.07) is 6.25. The van der Waals surface area contributed by atoms with Crippen LogP contribution in [0.2, 0.25) is 0 Å². The van der Waals surface area contributed by atoms with Crippen molar-refractivity contribution in [1.29, 1.82) is 0 Å². The van der Waals surface area contributed by atoms with Crippen LogP contribution in [0.4, 0.5) is 0 Å². The van der Waals surface area contributed by atoms with E-state index in [0.29, 0.717) is 5.92 Å². The standard InChI is InChI=1S/C14H23N/c1-3-5-6-7-10-13(4-2)14-11-8-9-12-15-14/h8-9,11-13H,3-7,10H2,1-2H3. The molecule has 0 spiro atoms. The van der Waals surface area contributed by atoms with Crippen molar-refractivity contribution in [2.75, 3.05) is 0 Å². The van der Waals surface area contributed by atoms with Gasteiger partial charge in [-0.05, 0) is 25.0 Å². The molecular formula is C14H23N. The third-order valence-electron chi connectivity index (χ3n) is 3.00. The molecule has 0 radical (unpaired) electrons. The number of aromatic nitrogens is 1. The predicted molar refractivity (Wildman–Crippen MR) is 66.0 cm³/mol. The van der Waals surface area contributed by atoms with E-state index in [9.17, 15) is 0 Å². The van der Waals surface area contributed by atoms with Gasteiger partial charge in [-0.3, -0.25) is 4.98 Å². The van der Waals surface area contributed by atoms with Gasteiger partial charge < -0.3 is 0 Å². The fourth-order valence-electron chi connectivity index (χ4n) is 2.00. The van der Waals surface area contributed by atoms with Gasteiger partial charge in [0.05, 0.1) is 0 Å². The van der Waals surface area contributed by atoms with Gasteiger partial charge in [-0.15, -0.1) is 0 Å². The lowest BCUT2D eigenvalue weighted by Crippen LogP contribution is -1.99. The summed E-state index contributed by atoms with van der Waals surface area (Å²) in [5.74, 6) is 0.669. The topological polar surface area (TPSA) is 12.9 Å². The van der Waals surface area contributed by atoms with E-state index in [0.717, 1.165) is 0 Å². The second kappa shape index (κ2) is 7.44. The quantitative estimate of drug-likeness (QED) is 0.595. The van der Waals surface area contributed by atoms with Crippen LogP contribution in [-0.4, -0.2) is 4.98 Å². The molecule has 84 valence electrons. The zero-order valence-corrected chi connectivity index (χ0v) is 10.1. The van der Waals surface area contributed by atoms with E-state index in [1.54, 1.807) is 0 Å². The van der Waals surface area contributed by atoms with Crippen LogP contribution >= 0.6 is 0 Å². The summed E-state index contributed by atoms with van der Waals surface area (Å²) >= 11 is 0. The Labute approximate surface area is 93.9 Å².